The van der Waals surface area contributed by atoms with Crippen LogP contribution in [-0.2, 0) is 0 Å². The molecule has 0 saturated carbocycles. The Morgan fingerprint density at radius 3 is 1.43 bits per heavy atom. The van der Waals surface area contributed by atoms with E-state index in [9.17, 15) is 8.78 Å². The second-order valence-corrected chi connectivity index (χ2v) is 6.41. The Balaban J connectivity index is 0.000000370. The van der Waals surface area contributed by atoms with E-state index in [1.165, 1.54) is 24.3 Å². The van der Waals surface area contributed by atoms with Gasteiger partial charge in [-0.05, 0) is 41.9 Å². The summed E-state index contributed by atoms with van der Waals surface area (Å²) in [7, 11) is -1.62. The van der Waals surface area contributed by atoms with E-state index >= 15 is 0 Å². The molecule has 2 N–H and O–H groups in total. The topological polar surface area (TPSA) is 40.5 Å². The predicted octanol–water partition coefficient (Wildman–Crippen LogP) is 4.25. The van der Waals surface area contributed by atoms with Gasteiger partial charge in [-0.1, -0.05) is 55.2 Å². The maximum atomic E-state index is 12.5. The van der Waals surface area contributed by atoms with Gasteiger partial charge in [0.05, 0.1) is 0 Å². The first-order chi connectivity index (χ1) is 9.27. The Morgan fingerprint density at radius 1 is 0.714 bits per heavy atom. The summed E-state index contributed by atoms with van der Waals surface area (Å²) in [6.07, 6.45) is 0. The maximum Gasteiger partial charge on any atom is 0.488 e. The standard InChI is InChI=1S/C6H5BBrFO2.C6H3Br2F.CH4/c8-5-1-4(7(10)11)2-6(9)3-5;7-4-1-5(8)3-6(9)2-4;/h1-3,10-11H;1-3H;1H4. The van der Waals surface area contributed by atoms with E-state index in [2.05, 4.69) is 47.8 Å². The number of hydrogen-bond acceptors (Lipinski definition) is 2. The van der Waals surface area contributed by atoms with Crippen molar-refractivity contribution in [2.45, 2.75) is 7.43 Å². The van der Waals surface area contributed by atoms with Crippen molar-refractivity contribution in [2.24, 2.45) is 0 Å². The van der Waals surface area contributed by atoms with Crippen LogP contribution >= 0.6 is 47.8 Å². The third-order valence-electron chi connectivity index (χ3n) is 2.01. The molecule has 114 valence electrons. The Hall–Kier alpha value is -0.275. The third kappa shape index (κ3) is 8.06. The molecule has 0 radical (unpaired) electrons. The van der Waals surface area contributed by atoms with Gasteiger partial charge >= 0.3 is 7.12 Å². The lowest BCUT2D eigenvalue weighted by atomic mass is 9.80. The van der Waals surface area contributed by atoms with Crippen LogP contribution in [0.5, 0.6) is 0 Å². The van der Waals surface area contributed by atoms with Gasteiger partial charge in [-0.25, -0.2) is 8.78 Å². The number of rotatable bonds is 1. The third-order valence-corrected chi connectivity index (χ3v) is 3.38. The van der Waals surface area contributed by atoms with Gasteiger partial charge in [0.2, 0.25) is 0 Å². The van der Waals surface area contributed by atoms with Crippen molar-refractivity contribution in [3.63, 3.8) is 0 Å². The van der Waals surface area contributed by atoms with E-state index in [1.807, 2.05) is 0 Å². The van der Waals surface area contributed by atoms with Crippen molar-refractivity contribution in [3.8, 4) is 0 Å². The molecule has 0 heterocycles. The zero-order valence-electron chi connectivity index (χ0n) is 9.83. The second kappa shape index (κ2) is 9.68. The van der Waals surface area contributed by atoms with Gasteiger partial charge in [-0.15, -0.1) is 0 Å². The summed E-state index contributed by atoms with van der Waals surface area (Å²) >= 11 is 9.30. The van der Waals surface area contributed by atoms with Gasteiger partial charge in [0.15, 0.2) is 0 Å². The largest absolute Gasteiger partial charge is 0.488 e. The summed E-state index contributed by atoms with van der Waals surface area (Å²) in [6.45, 7) is 0. The monoisotopic (exact) mass is 486 g/mol. The number of hydrogen-bond donors (Lipinski definition) is 2. The summed E-state index contributed by atoms with van der Waals surface area (Å²) in [6, 6.07) is 8.34. The van der Waals surface area contributed by atoms with Crippen LogP contribution in [-0.4, -0.2) is 17.2 Å². The predicted molar refractivity (Wildman–Crippen MR) is 92.5 cm³/mol. The Morgan fingerprint density at radius 2 is 1.10 bits per heavy atom. The Kier molecular flexibility index (Phi) is 9.56. The Labute approximate surface area is 147 Å². The first kappa shape index (κ1) is 20.7. The van der Waals surface area contributed by atoms with Gasteiger partial charge < -0.3 is 10.0 Å². The van der Waals surface area contributed by atoms with Crippen LogP contribution in [0.4, 0.5) is 8.78 Å². The number of benzene rings is 2. The van der Waals surface area contributed by atoms with E-state index in [0.29, 0.717) is 4.47 Å². The molecular weight excluding hydrogens is 477 g/mol. The van der Waals surface area contributed by atoms with E-state index < -0.39 is 12.9 Å². The van der Waals surface area contributed by atoms with E-state index in [1.54, 1.807) is 6.07 Å². The molecule has 2 nitrogen and oxygen atoms in total. The van der Waals surface area contributed by atoms with E-state index in [-0.39, 0.29) is 18.7 Å². The molecule has 0 aliphatic heterocycles. The molecule has 0 fully saturated rings. The zero-order chi connectivity index (χ0) is 15.3. The lowest BCUT2D eigenvalue weighted by Gasteiger charge is -1.99. The van der Waals surface area contributed by atoms with Crippen LogP contribution in [0.25, 0.3) is 0 Å². The number of halogens is 5. The van der Waals surface area contributed by atoms with Gasteiger partial charge in [0.25, 0.3) is 0 Å². The molecule has 0 amide bonds. The Bertz CT molecular complexity index is 527. The van der Waals surface area contributed by atoms with Crippen LogP contribution in [0.15, 0.2) is 49.8 Å². The molecule has 2 rings (SSSR count). The van der Waals surface area contributed by atoms with Crippen LogP contribution in [0, 0.1) is 11.6 Å². The van der Waals surface area contributed by atoms with Gasteiger partial charge in [0.1, 0.15) is 11.6 Å². The van der Waals surface area contributed by atoms with Crippen LogP contribution < -0.4 is 5.46 Å². The summed E-state index contributed by atoms with van der Waals surface area (Å²) in [5, 5.41) is 17.3. The maximum absolute atomic E-state index is 12.5. The molecule has 0 atom stereocenters. The van der Waals surface area contributed by atoms with Crippen LogP contribution in [0.3, 0.4) is 0 Å². The normalized spacial score (nSPS) is 9.29. The minimum Gasteiger partial charge on any atom is -0.423 e. The van der Waals surface area contributed by atoms with Crippen molar-refractivity contribution < 1.29 is 18.8 Å². The van der Waals surface area contributed by atoms with Gasteiger partial charge in [0, 0.05) is 13.4 Å². The first-order valence-electron chi connectivity index (χ1n) is 5.21. The van der Waals surface area contributed by atoms with Gasteiger partial charge in [-0.3, -0.25) is 0 Å². The van der Waals surface area contributed by atoms with Crippen molar-refractivity contribution in [1.29, 1.82) is 0 Å². The highest BCUT2D eigenvalue weighted by atomic mass is 79.9. The highest BCUT2D eigenvalue weighted by molar-refractivity contribution is 9.11. The fraction of sp³-hybridized carbons (Fsp3) is 0.0769. The molecule has 0 spiro atoms. The fourth-order valence-electron chi connectivity index (χ4n) is 1.24. The fourth-order valence-corrected chi connectivity index (χ4v) is 2.97. The highest BCUT2D eigenvalue weighted by Crippen LogP contribution is 2.18. The van der Waals surface area contributed by atoms with Crippen molar-refractivity contribution in [3.05, 3.63) is 61.5 Å². The molecule has 0 aliphatic rings. The molecule has 0 bridgehead atoms. The molecule has 0 aliphatic carbocycles. The lowest BCUT2D eigenvalue weighted by molar-refractivity contribution is 0.425. The first-order valence-corrected chi connectivity index (χ1v) is 7.59. The summed E-state index contributed by atoms with van der Waals surface area (Å²) < 4.78 is 26.9. The molecular formula is C13H12BBr3F2O2. The molecule has 2 aromatic rings. The average molecular weight is 489 g/mol. The molecule has 0 saturated heterocycles. The minimum absolute atomic E-state index is 0. The molecule has 0 aromatic heterocycles. The van der Waals surface area contributed by atoms with Crippen LogP contribution in [0.2, 0.25) is 0 Å². The summed E-state index contributed by atoms with van der Waals surface area (Å²) in [5.41, 5.74) is 0.136. The minimum atomic E-state index is -1.62. The van der Waals surface area contributed by atoms with E-state index in [4.69, 9.17) is 10.0 Å². The SMILES string of the molecule is C.Fc1cc(Br)cc(Br)c1.OB(O)c1cc(F)cc(Br)c1. The molecule has 8 heteroatoms. The zero-order valence-corrected chi connectivity index (χ0v) is 14.6. The van der Waals surface area contributed by atoms with Crippen LogP contribution in [0.1, 0.15) is 7.43 Å². The van der Waals surface area contributed by atoms with Gasteiger partial charge in [-0.2, -0.15) is 0 Å². The highest BCUT2D eigenvalue weighted by Gasteiger charge is 2.11. The van der Waals surface area contributed by atoms with E-state index in [0.717, 1.165) is 15.0 Å². The lowest BCUT2D eigenvalue weighted by Crippen LogP contribution is -2.30. The average Bonchev–Trinajstić information content (AvgIpc) is 2.26. The summed E-state index contributed by atoms with van der Waals surface area (Å²) in [5.74, 6) is -0.737. The smallest absolute Gasteiger partial charge is 0.423 e. The quantitative estimate of drug-likeness (QED) is 0.589. The summed E-state index contributed by atoms with van der Waals surface area (Å²) in [4.78, 5) is 0. The van der Waals surface area contributed by atoms with Crippen molar-refractivity contribution in [2.75, 3.05) is 0 Å². The second-order valence-electron chi connectivity index (χ2n) is 3.66. The molecule has 0 unspecified atom stereocenters. The van der Waals surface area contributed by atoms with Crippen molar-refractivity contribution >= 4 is 60.4 Å². The molecule has 2 aromatic carbocycles. The molecule has 21 heavy (non-hydrogen) atoms. The van der Waals surface area contributed by atoms with Crippen molar-refractivity contribution in [1.82, 2.24) is 0 Å².